The lowest BCUT2D eigenvalue weighted by Gasteiger charge is -2.31. The van der Waals surface area contributed by atoms with Crippen molar-refractivity contribution in [1.29, 1.82) is 0 Å². The van der Waals surface area contributed by atoms with E-state index in [2.05, 4.69) is 16.1 Å². The van der Waals surface area contributed by atoms with Crippen LogP contribution in [0.2, 0.25) is 0 Å². The first-order valence-corrected chi connectivity index (χ1v) is 11.6. The molecule has 2 amide bonds. The summed E-state index contributed by atoms with van der Waals surface area (Å²) >= 11 is 0. The summed E-state index contributed by atoms with van der Waals surface area (Å²) in [4.78, 5) is 31.1. The summed E-state index contributed by atoms with van der Waals surface area (Å²) in [5.41, 5.74) is -0.601. The van der Waals surface area contributed by atoms with Gasteiger partial charge >= 0.3 is 0 Å². The Hall–Kier alpha value is -2.15. The SMILES string of the molecule is CCN(CCn1cccn1)C(=O)[C@@H]1[C@@H]2C=C[C@@]3(CN(C4CCCCCC4)C(=O)[C@H]13)O2. The van der Waals surface area contributed by atoms with Crippen LogP contribution in [0.3, 0.4) is 0 Å². The molecule has 30 heavy (non-hydrogen) atoms. The maximum Gasteiger partial charge on any atom is 0.230 e. The van der Waals surface area contributed by atoms with Gasteiger partial charge in [-0.1, -0.05) is 37.8 Å². The number of aromatic nitrogens is 2. The summed E-state index contributed by atoms with van der Waals surface area (Å²) in [5, 5.41) is 4.23. The molecule has 5 rings (SSSR count). The molecule has 7 nitrogen and oxygen atoms in total. The predicted molar refractivity (Wildman–Crippen MR) is 111 cm³/mol. The van der Waals surface area contributed by atoms with Crippen LogP contribution < -0.4 is 0 Å². The minimum absolute atomic E-state index is 0.0435. The number of hydrogen-bond acceptors (Lipinski definition) is 4. The summed E-state index contributed by atoms with van der Waals surface area (Å²) in [6.07, 6.45) is 14.5. The van der Waals surface area contributed by atoms with Crippen molar-refractivity contribution in [2.24, 2.45) is 11.8 Å². The lowest BCUT2D eigenvalue weighted by Crippen LogP contribution is -2.47. The molecule has 0 unspecified atom stereocenters. The van der Waals surface area contributed by atoms with Crippen LogP contribution in [0.1, 0.15) is 45.4 Å². The third-order valence-electron chi connectivity index (χ3n) is 7.53. The molecule has 1 aromatic heterocycles. The van der Waals surface area contributed by atoms with E-state index in [0.29, 0.717) is 32.2 Å². The Kier molecular flexibility index (Phi) is 5.17. The van der Waals surface area contributed by atoms with Gasteiger partial charge in [-0.3, -0.25) is 14.3 Å². The second-order valence-electron chi connectivity index (χ2n) is 9.20. The van der Waals surface area contributed by atoms with E-state index in [0.717, 1.165) is 12.8 Å². The summed E-state index contributed by atoms with van der Waals surface area (Å²) in [5.74, 6) is -0.602. The van der Waals surface area contributed by atoms with Crippen LogP contribution in [0.15, 0.2) is 30.6 Å². The summed E-state index contributed by atoms with van der Waals surface area (Å²) < 4.78 is 8.18. The topological polar surface area (TPSA) is 67.7 Å². The number of rotatable bonds is 6. The molecule has 2 saturated heterocycles. The van der Waals surface area contributed by atoms with Gasteiger partial charge in [0.25, 0.3) is 0 Å². The second-order valence-corrected chi connectivity index (χ2v) is 9.20. The van der Waals surface area contributed by atoms with E-state index in [1.165, 1.54) is 25.7 Å². The Morgan fingerprint density at radius 1 is 1.30 bits per heavy atom. The predicted octanol–water partition coefficient (Wildman–Crippen LogP) is 2.24. The first-order chi connectivity index (χ1) is 14.6. The summed E-state index contributed by atoms with van der Waals surface area (Å²) in [6, 6.07) is 2.18. The van der Waals surface area contributed by atoms with Crippen LogP contribution in [0.25, 0.3) is 0 Å². The standard InChI is InChI=1S/C23H32N4O3/c1-2-25(14-15-26-13-7-12-24-26)21(28)19-18-10-11-23(30-18)16-27(22(29)20(19)23)17-8-5-3-4-6-9-17/h7,10-13,17-20H,2-6,8-9,14-16H2,1H3/t18-,19+,20-,23-/m0/s1. The normalized spacial score (nSPS) is 33.2. The number of carbonyl (C=O) groups excluding carboxylic acids is 2. The first kappa shape index (κ1) is 19.8. The van der Waals surface area contributed by atoms with E-state index in [1.807, 2.05) is 34.8 Å². The van der Waals surface area contributed by atoms with E-state index < -0.39 is 11.5 Å². The molecule has 4 atom stereocenters. The highest BCUT2D eigenvalue weighted by Crippen LogP contribution is 2.53. The van der Waals surface area contributed by atoms with E-state index in [-0.39, 0.29) is 23.8 Å². The molecule has 7 heteroatoms. The zero-order valence-corrected chi connectivity index (χ0v) is 17.8. The maximum absolute atomic E-state index is 13.6. The smallest absolute Gasteiger partial charge is 0.230 e. The molecule has 1 saturated carbocycles. The fraction of sp³-hybridized carbons (Fsp3) is 0.696. The molecule has 1 aromatic rings. The largest absolute Gasteiger partial charge is 0.360 e. The Morgan fingerprint density at radius 3 is 2.80 bits per heavy atom. The van der Waals surface area contributed by atoms with E-state index in [1.54, 1.807) is 6.20 Å². The molecule has 0 aromatic carbocycles. The number of amides is 2. The quantitative estimate of drug-likeness (QED) is 0.531. The second kappa shape index (κ2) is 7.84. The highest BCUT2D eigenvalue weighted by molar-refractivity contribution is 5.93. The van der Waals surface area contributed by atoms with E-state index in [4.69, 9.17) is 4.74 Å². The van der Waals surface area contributed by atoms with Crippen LogP contribution in [-0.2, 0) is 20.9 Å². The van der Waals surface area contributed by atoms with Crippen molar-refractivity contribution in [2.45, 2.75) is 69.7 Å². The number of fused-ring (bicyclic) bond motifs is 1. The van der Waals surface area contributed by atoms with Gasteiger partial charge in [-0.05, 0) is 25.8 Å². The minimum Gasteiger partial charge on any atom is -0.360 e. The molecular formula is C23H32N4O3. The Balaban J connectivity index is 1.34. The van der Waals surface area contributed by atoms with Crippen LogP contribution in [0.5, 0.6) is 0 Å². The summed E-state index contributed by atoms with van der Waals surface area (Å²) in [7, 11) is 0. The third-order valence-corrected chi connectivity index (χ3v) is 7.53. The fourth-order valence-electron chi connectivity index (χ4n) is 5.98. The molecule has 3 aliphatic heterocycles. The molecule has 3 fully saturated rings. The minimum atomic E-state index is -0.601. The van der Waals surface area contributed by atoms with Gasteiger partial charge in [0, 0.05) is 31.5 Å². The van der Waals surface area contributed by atoms with Crippen molar-refractivity contribution >= 4 is 11.8 Å². The lowest BCUT2D eigenvalue weighted by atomic mass is 9.76. The van der Waals surface area contributed by atoms with Crippen molar-refractivity contribution in [3.63, 3.8) is 0 Å². The van der Waals surface area contributed by atoms with Gasteiger partial charge in [0.1, 0.15) is 5.60 Å². The average Bonchev–Trinajstić information content (AvgIpc) is 3.48. The van der Waals surface area contributed by atoms with Crippen molar-refractivity contribution in [3.8, 4) is 0 Å². The number of nitrogens with zero attached hydrogens (tertiary/aromatic N) is 4. The van der Waals surface area contributed by atoms with Gasteiger partial charge in [-0.15, -0.1) is 0 Å². The Morgan fingerprint density at radius 2 is 2.10 bits per heavy atom. The van der Waals surface area contributed by atoms with Gasteiger partial charge in [0.15, 0.2) is 0 Å². The van der Waals surface area contributed by atoms with Crippen LogP contribution in [0, 0.1) is 11.8 Å². The van der Waals surface area contributed by atoms with Crippen molar-refractivity contribution in [1.82, 2.24) is 19.6 Å². The lowest BCUT2D eigenvalue weighted by molar-refractivity contribution is -0.144. The van der Waals surface area contributed by atoms with Gasteiger partial charge < -0.3 is 14.5 Å². The molecule has 4 heterocycles. The van der Waals surface area contributed by atoms with Crippen molar-refractivity contribution in [2.75, 3.05) is 19.6 Å². The molecule has 2 bridgehead atoms. The number of hydrogen-bond donors (Lipinski definition) is 0. The third kappa shape index (κ3) is 3.18. The van der Waals surface area contributed by atoms with Crippen LogP contribution in [0.4, 0.5) is 0 Å². The fourth-order valence-corrected chi connectivity index (χ4v) is 5.98. The Bertz CT molecular complexity index is 814. The highest BCUT2D eigenvalue weighted by atomic mass is 16.5. The van der Waals surface area contributed by atoms with Gasteiger partial charge in [0.2, 0.25) is 11.8 Å². The summed E-state index contributed by atoms with van der Waals surface area (Å²) in [6.45, 7) is 4.46. The maximum atomic E-state index is 13.6. The molecular weight excluding hydrogens is 380 g/mol. The zero-order chi connectivity index (χ0) is 20.7. The number of likely N-dealkylation sites (tertiary alicyclic amines) is 1. The monoisotopic (exact) mass is 412 g/mol. The van der Waals surface area contributed by atoms with Crippen molar-refractivity contribution < 1.29 is 14.3 Å². The van der Waals surface area contributed by atoms with Crippen LogP contribution in [-0.4, -0.2) is 68.8 Å². The molecule has 1 aliphatic carbocycles. The van der Waals surface area contributed by atoms with Gasteiger partial charge in [-0.2, -0.15) is 5.10 Å². The van der Waals surface area contributed by atoms with Crippen LogP contribution >= 0.6 is 0 Å². The van der Waals surface area contributed by atoms with E-state index in [9.17, 15) is 9.59 Å². The zero-order valence-electron chi connectivity index (χ0n) is 17.8. The number of ether oxygens (including phenoxy) is 1. The number of likely N-dealkylation sites (N-methyl/N-ethyl adjacent to an activating group) is 1. The molecule has 162 valence electrons. The van der Waals surface area contributed by atoms with Gasteiger partial charge in [0.05, 0.1) is 31.0 Å². The first-order valence-electron chi connectivity index (χ1n) is 11.6. The average molecular weight is 413 g/mol. The number of carbonyl (C=O) groups is 2. The highest BCUT2D eigenvalue weighted by Gasteiger charge is 2.67. The molecule has 0 N–H and O–H groups in total. The molecule has 0 radical (unpaired) electrons. The molecule has 4 aliphatic rings. The van der Waals surface area contributed by atoms with E-state index >= 15 is 0 Å². The Labute approximate surface area is 178 Å². The molecule has 1 spiro atoms. The van der Waals surface area contributed by atoms with Gasteiger partial charge in [-0.25, -0.2) is 0 Å². The van der Waals surface area contributed by atoms with Crippen molar-refractivity contribution in [3.05, 3.63) is 30.6 Å².